The number of carbonyl (C=O) groups is 1. The highest BCUT2D eigenvalue weighted by Gasteiger charge is 2.31. The van der Waals surface area contributed by atoms with Crippen LogP contribution in [0.1, 0.15) is 33.7 Å². The molecule has 7 nitrogen and oxygen atoms in total. The van der Waals surface area contributed by atoms with Crippen molar-refractivity contribution in [2.75, 3.05) is 26.7 Å². The molecule has 0 radical (unpaired) electrons. The van der Waals surface area contributed by atoms with Crippen molar-refractivity contribution >= 4 is 5.91 Å². The van der Waals surface area contributed by atoms with Crippen LogP contribution in [0.3, 0.4) is 0 Å². The summed E-state index contributed by atoms with van der Waals surface area (Å²) < 4.78 is 10.5. The van der Waals surface area contributed by atoms with E-state index in [-0.39, 0.29) is 12.1 Å². The SMILES string of the molecule is COc1ccc(CCc2cc(C)c(C(=O)NCC3(O)CCNC3)c(=O)o2)cc1. The lowest BCUT2D eigenvalue weighted by atomic mass is 10.0. The van der Waals surface area contributed by atoms with Crippen molar-refractivity contribution in [3.63, 3.8) is 0 Å². The van der Waals surface area contributed by atoms with Gasteiger partial charge < -0.3 is 24.9 Å². The van der Waals surface area contributed by atoms with Crippen LogP contribution in [0.25, 0.3) is 0 Å². The van der Waals surface area contributed by atoms with Crippen LogP contribution in [0.5, 0.6) is 5.75 Å². The predicted octanol–water partition coefficient (Wildman–Crippen LogP) is 1.20. The molecule has 3 N–H and O–H groups in total. The Morgan fingerprint density at radius 1 is 1.32 bits per heavy atom. The minimum atomic E-state index is -0.970. The standard InChI is InChI=1S/C21H26N2O5/c1-14-11-17(8-5-15-3-6-16(27-2)7-4-15)28-20(25)18(14)19(24)23-13-21(26)9-10-22-12-21/h3-4,6-7,11,22,26H,5,8-10,12-13H2,1-2H3,(H,23,24). The number of amides is 1. The van der Waals surface area contributed by atoms with Crippen LogP contribution in [0.4, 0.5) is 0 Å². The van der Waals surface area contributed by atoms with E-state index in [1.807, 2.05) is 24.3 Å². The molecule has 1 atom stereocenters. The molecule has 2 aromatic rings. The fraction of sp³-hybridized carbons (Fsp3) is 0.429. The Morgan fingerprint density at radius 3 is 2.68 bits per heavy atom. The maximum Gasteiger partial charge on any atom is 0.349 e. The highest BCUT2D eigenvalue weighted by Crippen LogP contribution is 2.15. The Hall–Kier alpha value is -2.64. The van der Waals surface area contributed by atoms with E-state index >= 15 is 0 Å². The number of nitrogens with one attached hydrogen (secondary N) is 2. The number of carbonyl (C=O) groups excluding carboxylic acids is 1. The molecule has 1 unspecified atom stereocenters. The second-order valence-corrected chi connectivity index (χ2v) is 7.24. The van der Waals surface area contributed by atoms with Crippen LogP contribution in [0.2, 0.25) is 0 Å². The Kier molecular flexibility index (Phi) is 6.16. The minimum absolute atomic E-state index is 0.0113. The first kappa shape index (κ1) is 20.1. The lowest BCUT2D eigenvalue weighted by molar-refractivity contribution is 0.0560. The van der Waals surface area contributed by atoms with Gasteiger partial charge in [-0.15, -0.1) is 0 Å². The van der Waals surface area contributed by atoms with Gasteiger partial charge in [0.2, 0.25) is 0 Å². The first-order valence-electron chi connectivity index (χ1n) is 9.38. The van der Waals surface area contributed by atoms with E-state index in [9.17, 15) is 14.7 Å². The molecule has 0 aliphatic carbocycles. The number of β-amino-alcohol motifs (C(OH)–C–C–N with tert-alkyl or cyclic N) is 1. The summed E-state index contributed by atoms with van der Waals surface area (Å²) >= 11 is 0. The van der Waals surface area contributed by atoms with Gasteiger partial charge >= 0.3 is 5.63 Å². The number of aliphatic hydroxyl groups is 1. The van der Waals surface area contributed by atoms with E-state index in [1.54, 1.807) is 20.1 Å². The van der Waals surface area contributed by atoms with Crippen LogP contribution >= 0.6 is 0 Å². The molecule has 28 heavy (non-hydrogen) atoms. The quantitative estimate of drug-likeness (QED) is 0.661. The third-order valence-corrected chi connectivity index (χ3v) is 5.05. The molecular formula is C21H26N2O5. The van der Waals surface area contributed by atoms with Gasteiger partial charge in [0.25, 0.3) is 5.91 Å². The lowest BCUT2D eigenvalue weighted by Gasteiger charge is -2.21. The zero-order valence-corrected chi connectivity index (χ0v) is 16.2. The smallest absolute Gasteiger partial charge is 0.349 e. The molecule has 2 heterocycles. The Balaban J connectivity index is 1.64. The average Bonchev–Trinajstić information content (AvgIpc) is 3.11. The number of aryl methyl sites for hydroxylation is 3. The van der Waals surface area contributed by atoms with E-state index in [4.69, 9.17) is 9.15 Å². The maximum absolute atomic E-state index is 12.4. The van der Waals surface area contributed by atoms with Gasteiger partial charge in [-0.25, -0.2) is 4.79 Å². The van der Waals surface area contributed by atoms with Crippen LogP contribution in [-0.4, -0.2) is 43.4 Å². The van der Waals surface area contributed by atoms with Crippen molar-refractivity contribution in [2.24, 2.45) is 0 Å². The average molecular weight is 386 g/mol. The minimum Gasteiger partial charge on any atom is -0.497 e. The molecule has 1 aromatic heterocycles. The normalized spacial score (nSPS) is 18.8. The zero-order valence-electron chi connectivity index (χ0n) is 16.2. The predicted molar refractivity (Wildman–Crippen MR) is 105 cm³/mol. The maximum atomic E-state index is 12.4. The third-order valence-electron chi connectivity index (χ3n) is 5.05. The highest BCUT2D eigenvalue weighted by molar-refractivity contribution is 5.95. The first-order valence-corrected chi connectivity index (χ1v) is 9.38. The fourth-order valence-corrected chi connectivity index (χ4v) is 3.34. The summed E-state index contributed by atoms with van der Waals surface area (Å²) in [6.07, 6.45) is 1.82. The number of ether oxygens (including phenoxy) is 1. The van der Waals surface area contributed by atoms with Crippen molar-refractivity contribution < 1.29 is 19.1 Å². The number of hydrogen-bond acceptors (Lipinski definition) is 6. The summed E-state index contributed by atoms with van der Waals surface area (Å²) in [5, 5.41) is 16.0. The van der Waals surface area contributed by atoms with E-state index in [0.717, 1.165) is 11.3 Å². The van der Waals surface area contributed by atoms with Crippen molar-refractivity contribution in [1.82, 2.24) is 10.6 Å². The van der Waals surface area contributed by atoms with Gasteiger partial charge in [-0.2, -0.15) is 0 Å². The molecule has 7 heteroatoms. The van der Waals surface area contributed by atoms with Crippen molar-refractivity contribution in [2.45, 2.75) is 31.8 Å². The Labute approximate surface area is 163 Å². The van der Waals surface area contributed by atoms with Crippen molar-refractivity contribution in [1.29, 1.82) is 0 Å². The van der Waals surface area contributed by atoms with E-state index in [2.05, 4.69) is 10.6 Å². The van der Waals surface area contributed by atoms with Gasteiger partial charge in [0.15, 0.2) is 0 Å². The molecule has 0 spiro atoms. The first-order chi connectivity index (χ1) is 13.4. The second kappa shape index (κ2) is 8.58. The zero-order chi connectivity index (χ0) is 20.1. The van der Waals surface area contributed by atoms with Crippen molar-refractivity contribution in [3.8, 4) is 5.75 Å². The van der Waals surface area contributed by atoms with Gasteiger partial charge in [-0.3, -0.25) is 4.79 Å². The summed E-state index contributed by atoms with van der Waals surface area (Å²) in [6.45, 7) is 2.94. The summed E-state index contributed by atoms with van der Waals surface area (Å²) in [5.41, 5.74) is 0.0279. The summed E-state index contributed by atoms with van der Waals surface area (Å²) in [5.74, 6) is 0.807. The third kappa shape index (κ3) is 4.79. The van der Waals surface area contributed by atoms with Gasteiger partial charge in [0, 0.05) is 19.5 Å². The van der Waals surface area contributed by atoms with E-state index < -0.39 is 17.1 Å². The van der Waals surface area contributed by atoms with Crippen LogP contribution in [-0.2, 0) is 12.8 Å². The van der Waals surface area contributed by atoms with Gasteiger partial charge in [0.05, 0.1) is 12.7 Å². The van der Waals surface area contributed by atoms with Gasteiger partial charge in [0.1, 0.15) is 17.1 Å². The topological polar surface area (TPSA) is 101 Å². The van der Waals surface area contributed by atoms with Crippen molar-refractivity contribution in [3.05, 3.63) is 63.2 Å². The molecule has 1 saturated heterocycles. The Morgan fingerprint density at radius 2 is 2.07 bits per heavy atom. The summed E-state index contributed by atoms with van der Waals surface area (Å²) in [4.78, 5) is 24.8. The van der Waals surface area contributed by atoms with Crippen LogP contribution in [0.15, 0.2) is 39.5 Å². The molecule has 1 fully saturated rings. The van der Waals surface area contributed by atoms with Gasteiger partial charge in [-0.1, -0.05) is 12.1 Å². The molecule has 1 aromatic carbocycles. The lowest BCUT2D eigenvalue weighted by Crippen LogP contribution is -2.45. The molecule has 150 valence electrons. The molecule has 0 saturated carbocycles. The fourth-order valence-electron chi connectivity index (χ4n) is 3.34. The number of methoxy groups -OCH3 is 1. The number of benzene rings is 1. The second-order valence-electron chi connectivity index (χ2n) is 7.24. The summed E-state index contributed by atoms with van der Waals surface area (Å²) in [7, 11) is 1.62. The van der Waals surface area contributed by atoms with E-state index in [0.29, 0.717) is 43.7 Å². The molecule has 3 rings (SSSR count). The Bertz CT molecular complexity index is 883. The molecule has 1 aliphatic heterocycles. The van der Waals surface area contributed by atoms with E-state index in [1.165, 1.54) is 0 Å². The largest absolute Gasteiger partial charge is 0.497 e. The highest BCUT2D eigenvalue weighted by atomic mass is 16.5. The summed E-state index contributed by atoms with van der Waals surface area (Å²) in [6, 6.07) is 9.43. The molecular weight excluding hydrogens is 360 g/mol. The number of rotatable bonds is 7. The monoisotopic (exact) mass is 386 g/mol. The molecule has 1 amide bonds. The molecule has 1 aliphatic rings. The van der Waals surface area contributed by atoms with Crippen LogP contribution in [0, 0.1) is 6.92 Å². The number of hydrogen-bond donors (Lipinski definition) is 3. The molecule has 0 bridgehead atoms. The van der Waals surface area contributed by atoms with Crippen LogP contribution < -0.4 is 21.0 Å². The van der Waals surface area contributed by atoms with Gasteiger partial charge in [-0.05, 0) is 55.6 Å².